The number of aromatic hydroxyl groups is 1. The fourth-order valence-corrected chi connectivity index (χ4v) is 2.95. The van der Waals surface area contributed by atoms with Crippen LogP contribution in [0, 0.1) is 0 Å². The number of hydrogen-bond donors (Lipinski definition) is 3. The van der Waals surface area contributed by atoms with Gasteiger partial charge in [0.2, 0.25) is 5.91 Å². The maximum atomic E-state index is 11.8. The maximum Gasteiger partial charge on any atom is 0.339 e. The highest BCUT2D eigenvalue weighted by Gasteiger charge is 2.23. The number of hydrogen-bond acceptors (Lipinski definition) is 4. The molecular formula is C12H13NO4S. The lowest BCUT2D eigenvalue weighted by Crippen LogP contribution is -2.23. The van der Waals surface area contributed by atoms with Crippen LogP contribution in [0.3, 0.4) is 0 Å². The zero-order valence-corrected chi connectivity index (χ0v) is 10.4. The number of nitrogens with one attached hydrogen (secondary N) is 1. The molecule has 2 rings (SSSR count). The van der Waals surface area contributed by atoms with E-state index in [1.54, 1.807) is 11.8 Å². The Morgan fingerprint density at radius 2 is 2.17 bits per heavy atom. The minimum atomic E-state index is -1.22. The van der Waals surface area contributed by atoms with Crippen LogP contribution in [-0.4, -0.2) is 33.1 Å². The van der Waals surface area contributed by atoms with Crippen LogP contribution in [0.5, 0.6) is 5.75 Å². The molecule has 0 aliphatic carbocycles. The van der Waals surface area contributed by atoms with Gasteiger partial charge in [-0.25, -0.2) is 4.79 Å². The largest absolute Gasteiger partial charge is 0.507 e. The van der Waals surface area contributed by atoms with Gasteiger partial charge in [-0.15, -0.1) is 11.8 Å². The fourth-order valence-electron chi connectivity index (χ4n) is 1.79. The molecule has 1 saturated heterocycles. The topological polar surface area (TPSA) is 86.6 Å². The van der Waals surface area contributed by atoms with E-state index in [1.165, 1.54) is 18.2 Å². The number of aromatic carboxylic acids is 1. The first-order valence-electron chi connectivity index (χ1n) is 5.56. The highest BCUT2D eigenvalue weighted by atomic mass is 32.2. The van der Waals surface area contributed by atoms with Crippen LogP contribution in [0.2, 0.25) is 0 Å². The number of phenols is 1. The molecule has 1 aliphatic heterocycles. The van der Waals surface area contributed by atoms with Crippen LogP contribution in [0.25, 0.3) is 0 Å². The molecule has 0 bridgehead atoms. The number of thioether (sulfide) groups is 1. The molecule has 18 heavy (non-hydrogen) atoms. The first-order valence-corrected chi connectivity index (χ1v) is 6.61. The molecule has 1 aliphatic rings. The highest BCUT2D eigenvalue weighted by molar-refractivity contribution is 8.00. The first kappa shape index (κ1) is 12.8. The molecule has 3 N–H and O–H groups in total. The molecule has 1 aromatic rings. The fraction of sp³-hybridized carbons (Fsp3) is 0.333. The lowest BCUT2D eigenvalue weighted by Gasteiger charge is -2.10. The van der Waals surface area contributed by atoms with Crippen LogP contribution in [0.1, 0.15) is 23.2 Å². The normalized spacial score (nSPS) is 18.6. The Labute approximate surface area is 108 Å². The lowest BCUT2D eigenvalue weighted by atomic mass is 10.1. The van der Waals surface area contributed by atoms with Crippen molar-refractivity contribution < 1.29 is 19.8 Å². The van der Waals surface area contributed by atoms with Crippen molar-refractivity contribution in [2.45, 2.75) is 18.1 Å². The number of rotatable bonds is 3. The van der Waals surface area contributed by atoms with Gasteiger partial charge in [-0.1, -0.05) is 0 Å². The van der Waals surface area contributed by atoms with Crippen molar-refractivity contribution in [3.8, 4) is 5.75 Å². The Morgan fingerprint density at radius 3 is 2.78 bits per heavy atom. The van der Waals surface area contributed by atoms with E-state index in [0.717, 1.165) is 18.6 Å². The number of benzene rings is 1. The summed E-state index contributed by atoms with van der Waals surface area (Å²) >= 11 is 1.61. The van der Waals surface area contributed by atoms with Gasteiger partial charge in [0.1, 0.15) is 11.3 Å². The molecule has 5 nitrogen and oxygen atoms in total. The van der Waals surface area contributed by atoms with Gasteiger partial charge in [0.25, 0.3) is 0 Å². The predicted molar refractivity (Wildman–Crippen MR) is 69.2 cm³/mol. The molecule has 1 atom stereocenters. The van der Waals surface area contributed by atoms with E-state index in [4.69, 9.17) is 5.11 Å². The van der Waals surface area contributed by atoms with E-state index >= 15 is 0 Å². The van der Waals surface area contributed by atoms with Gasteiger partial charge < -0.3 is 15.5 Å². The Hall–Kier alpha value is -1.69. The Balaban J connectivity index is 2.11. The van der Waals surface area contributed by atoms with Crippen molar-refractivity contribution in [3.63, 3.8) is 0 Å². The molecule has 0 aromatic heterocycles. The summed E-state index contributed by atoms with van der Waals surface area (Å²) in [4.78, 5) is 22.7. The number of amides is 1. The summed E-state index contributed by atoms with van der Waals surface area (Å²) in [6.45, 7) is 0. The predicted octanol–water partition coefficient (Wildman–Crippen LogP) is 1.92. The van der Waals surface area contributed by atoms with Gasteiger partial charge in [-0.05, 0) is 36.8 Å². The van der Waals surface area contributed by atoms with Crippen LogP contribution < -0.4 is 5.32 Å². The second-order valence-corrected chi connectivity index (χ2v) is 5.34. The summed E-state index contributed by atoms with van der Waals surface area (Å²) in [5.74, 6) is -0.664. The van der Waals surface area contributed by atoms with Crippen LogP contribution >= 0.6 is 11.8 Å². The average Bonchev–Trinajstić information content (AvgIpc) is 2.85. The van der Waals surface area contributed by atoms with Gasteiger partial charge >= 0.3 is 5.97 Å². The summed E-state index contributed by atoms with van der Waals surface area (Å²) < 4.78 is 0. The molecule has 1 heterocycles. The van der Waals surface area contributed by atoms with Gasteiger partial charge in [-0.2, -0.15) is 0 Å². The van der Waals surface area contributed by atoms with Gasteiger partial charge in [0, 0.05) is 5.69 Å². The molecule has 1 amide bonds. The van der Waals surface area contributed by atoms with Gasteiger partial charge in [0.15, 0.2) is 0 Å². The third-order valence-electron chi connectivity index (χ3n) is 2.72. The third kappa shape index (κ3) is 2.76. The molecule has 1 aromatic carbocycles. The molecule has 0 radical (unpaired) electrons. The van der Waals surface area contributed by atoms with Crippen molar-refractivity contribution in [3.05, 3.63) is 23.8 Å². The zero-order chi connectivity index (χ0) is 13.1. The van der Waals surface area contributed by atoms with E-state index in [9.17, 15) is 14.7 Å². The van der Waals surface area contributed by atoms with Gasteiger partial charge in [-0.3, -0.25) is 4.79 Å². The van der Waals surface area contributed by atoms with Crippen molar-refractivity contribution in [2.75, 3.05) is 11.1 Å². The minimum absolute atomic E-state index is 0.0629. The van der Waals surface area contributed by atoms with Crippen molar-refractivity contribution in [2.24, 2.45) is 0 Å². The highest BCUT2D eigenvalue weighted by Crippen LogP contribution is 2.28. The number of carbonyl (C=O) groups is 2. The molecule has 1 fully saturated rings. The van der Waals surface area contributed by atoms with E-state index in [-0.39, 0.29) is 22.5 Å². The van der Waals surface area contributed by atoms with E-state index < -0.39 is 5.97 Å². The zero-order valence-electron chi connectivity index (χ0n) is 9.55. The number of carboxylic acids is 1. The maximum absolute atomic E-state index is 11.8. The summed E-state index contributed by atoms with van der Waals surface area (Å²) in [5.41, 5.74) is 0.176. The lowest BCUT2D eigenvalue weighted by molar-refractivity contribution is -0.115. The monoisotopic (exact) mass is 267 g/mol. The SMILES string of the molecule is O=C(O)c1cc(NC(=O)C2CCCS2)ccc1O. The smallest absolute Gasteiger partial charge is 0.339 e. The average molecular weight is 267 g/mol. The van der Waals surface area contributed by atoms with Crippen LogP contribution in [0.4, 0.5) is 5.69 Å². The van der Waals surface area contributed by atoms with Crippen molar-refractivity contribution in [1.82, 2.24) is 0 Å². The number of carboxylic acid groups (broad SMARTS) is 1. The Bertz CT molecular complexity index is 483. The molecule has 96 valence electrons. The minimum Gasteiger partial charge on any atom is -0.507 e. The summed E-state index contributed by atoms with van der Waals surface area (Å²) in [7, 11) is 0. The van der Waals surface area contributed by atoms with Crippen LogP contribution in [-0.2, 0) is 4.79 Å². The van der Waals surface area contributed by atoms with E-state index in [2.05, 4.69) is 5.32 Å². The summed E-state index contributed by atoms with van der Waals surface area (Å²) in [6.07, 6.45) is 1.87. The Morgan fingerprint density at radius 1 is 1.39 bits per heavy atom. The first-order chi connectivity index (χ1) is 8.58. The number of anilines is 1. The van der Waals surface area contributed by atoms with Crippen LogP contribution in [0.15, 0.2) is 18.2 Å². The second-order valence-electron chi connectivity index (χ2n) is 4.03. The standard InChI is InChI=1S/C12H13NO4S/c14-9-4-3-7(6-8(9)12(16)17)13-11(15)10-2-1-5-18-10/h3-4,6,10,14H,1-2,5H2,(H,13,15)(H,16,17). The molecule has 6 heteroatoms. The van der Waals surface area contributed by atoms with Gasteiger partial charge in [0.05, 0.1) is 5.25 Å². The summed E-state index contributed by atoms with van der Waals surface area (Å²) in [6, 6.07) is 4.01. The third-order valence-corrected chi connectivity index (χ3v) is 4.09. The van der Waals surface area contributed by atoms with Crippen molar-refractivity contribution >= 4 is 29.3 Å². The molecule has 0 saturated carbocycles. The quantitative estimate of drug-likeness (QED) is 0.728. The molecular weight excluding hydrogens is 254 g/mol. The summed E-state index contributed by atoms with van der Waals surface area (Å²) in [5, 5.41) is 20.8. The molecule has 1 unspecified atom stereocenters. The number of carbonyl (C=O) groups excluding carboxylic acids is 1. The van der Waals surface area contributed by atoms with E-state index in [0.29, 0.717) is 5.69 Å². The Kier molecular flexibility index (Phi) is 3.76. The van der Waals surface area contributed by atoms with Crippen molar-refractivity contribution in [1.29, 1.82) is 0 Å². The van der Waals surface area contributed by atoms with E-state index in [1.807, 2.05) is 0 Å². The molecule has 0 spiro atoms. The second kappa shape index (κ2) is 5.30.